The van der Waals surface area contributed by atoms with Crippen molar-refractivity contribution in [2.24, 2.45) is 0 Å². The number of tetrazole rings is 1. The minimum atomic E-state index is -0.778. The number of aromatic nitrogens is 4. The summed E-state index contributed by atoms with van der Waals surface area (Å²) in [7, 11) is 0. The van der Waals surface area contributed by atoms with Crippen LogP contribution in [0.3, 0.4) is 0 Å². The van der Waals surface area contributed by atoms with Gasteiger partial charge in [-0.1, -0.05) is 35.9 Å². The van der Waals surface area contributed by atoms with Crippen LogP contribution in [-0.2, 0) is 16.0 Å². The van der Waals surface area contributed by atoms with E-state index in [1.165, 1.54) is 11.0 Å². The first-order chi connectivity index (χ1) is 17.0. The zero-order valence-corrected chi connectivity index (χ0v) is 19.5. The second-order valence-electron chi connectivity index (χ2n) is 7.93. The number of rotatable bonds is 5. The van der Waals surface area contributed by atoms with E-state index in [1.54, 1.807) is 42.5 Å². The third-order valence-corrected chi connectivity index (χ3v) is 5.71. The molecule has 11 heteroatoms. The lowest BCUT2D eigenvalue weighted by atomic mass is 10.1. The number of fused-ring (bicyclic) bond motifs is 1. The molecule has 0 radical (unpaired) electrons. The van der Waals surface area contributed by atoms with E-state index in [0.717, 1.165) is 11.3 Å². The van der Waals surface area contributed by atoms with Crippen molar-refractivity contribution in [3.05, 3.63) is 77.1 Å². The van der Waals surface area contributed by atoms with Crippen molar-refractivity contribution < 1.29 is 14.4 Å². The molecule has 10 nitrogen and oxygen atoms in total. The second kappa shape index (κ2) is 11.4. The van der Waals surface area contributed by atoms with Crippen LogP contribution in [0.2, 0.25) is 5.02 Å². The summed E-state index contributed by atoms with van der Waals surface area (Å²) in [6.07, 6.45) is 6.72. The fraction of sp³-hybridized carbons (Fsp3) is 0.250. The maximum absolute atomic E-state index is 13.0. The molecule has 1 unspecified atom stereocenters. The highest BCUT2D eigenvalue weighted by Crippen LogP contribution is 2.20. The van der Waals surface area contributed by atoms with Crippen molar-refractivity contribution in [2.75, 3.05) is 11.9 Å². The van der Waals surface area contributed by atoms with Gasteiger partial charge in [-0.3, -0.25) is 14.4 Å². The number of halogens is 1. The van der Waals surface area contributed by atoms with E-state index < -0.39 is 11.9 Å². The maximum atomic E-state index is 13.0. The number of carbonyl (C=O) groups is 3. The van der Waals surface area contributed by atoms with E-state index in [4.69, 9.17) is 11.6 Å². The Kier molecular flexibility index (Phi) is 7.84. The lowest BCUT2D eigenvalue weighted by molar-refractivity contribution is -0.123. The van der Waals surface area contributed by atoms with E-state index >= 15 is 0 Å². The number of para-hydroxylation sites is 1. The van der Waals surface area contributed by atoms with Crippen LogP contribution in [0.15, 0.2) is 60.9 Å². The average molecular weight is 494 g/mol. The molecule has 0 spiro atoms. The number of nitrogens with zero attached hydrogens (tertiary/aromatic N) is 4. The molecule has 2 aromatic carbocycles. The molecule has 0 fully saturated rings. The molecule has 35 heavy (non-hydrogen) atoms. The Morgan fingerprint density at radius 3 is 2.86 bits per heavy atom. The standard InChI is InChI=1S/C24H24ClN7O3/c25-17-10-11-21(32-15-27-30-31-32)16(14-17)12-13-26-24(35)20-8-2-1-3-9-22(33)28-19-7-5-4-6-18(19)23(34)29-20/h1-2,4-7,10-11,14-15,20H,3,8-9,12-13H2,(H,26,35)(H,28,33)(H,29,34). The van der Waals surface area contributed by atoms with E-state index in [0.29, 0.717) is 42.1 Å². The molecule has 2 heterocycles. The molecular formula is C24H24ClN7O3. The summed E-state index contributed by atoms with van der Waals surface area (Å²) in [6, 6.07) is 11.3. The van der Waals surface area contributed by atoms with Gasteiger partial charge in [0.2, 0.25) is 11.8 Å². The molecule has 0 bridgehead atoms. The quantitative estimate of drug-likeness (QED) is 0.468. The summed E-state index contributed by atoms with van der Waals surface area (Å²) in [5.41, 5.74) is 2.33. The van der Waals surface area contributed by atoms with Crippen molar-refractivity contribution in [1.29, 1.82) is 0 Å². The Hall–Kier alpha value is -4.05. The van der Waals surface area contributed by atoms with E-state index in [1.807, 2.05) is 12.1 Å². The molecule has 0 saturated heterocycles. The molecule has 180 valence electrons. The van der Waals surface area contributed by atoms with E-state index in [-0.39, 0.29) is 18.2 Å². The third-order valence-electron chi connectivity index (χ3n) is 5.48. The fourth-order valence-corrected chi connectivity index (χ4v) is 3.92. The van der Waals surface area contributed by atoms with Crippen LogP contribution >= 0.6 is 11.6 Å². The highest BCUT2D eigenvalue weighted by molar-refractivity contribution is 6.30. The van der Waals surface area contributed by atoms with Crippen LogP contribution < -0.4 is 16.0 Å². The van der Waals surface area contributed by atoms with Crippen molar-refractivity contribution in [3.8, 4) is 5.69 Å². The van der Waals surface area contributed by atoms with Gasteiger partial charge < -0.3 is 16.0 Å². The summed E-state index contributed by atoms with van der Waals surface area (Å²) in [4.78, 5) is 38.1. The highest BCUT2D eigenvalue weighted by atomic mass is 35.5. The fourth-order valence-electron chi connectivity index (χ4n) is 3.73. The Morgan fingerprint density at radius 2 is 2.03 bits per heavy atom. The number of benzene rings is 2. The van der Waals surface area contributed by atoms with Crippen LogP contribution in [0.5, 0.6) is 0 Å². The number of nitrogens with one attached hydrogen (secondary N) is 3. The Bertz CT molecular complexity index is 1240. The van der Waals surface area contributed by atoms with Gasteiger partial charge in [0.05, 0.1) is 16.9 Å². The zero-order valence-electron chi connectivity index (χ0n) is 18.8. The molecule has 4 rings (SSSR count). The van der Waals surface area contributed by atoms with Gasteiger partial charge in [-0.25, -0.2) is 4.68 Å². The molecular weight excluding hydrogens is 470 g/mol. The first-order valence-corrected chi connectivity index (χ1v) is 11.5. The van der Waals surface area contributed by atoms with Crippen molar-refractivity contribution in [1.82, 2.24) is 30.8 Å². The van der Waals surface area contributed by atoms with Crippen LogP contribution in [-0.4, -0.2) is 50.5 Å². The minimum absolute atomic E-state index is 0.174. The topological polar surface area (TPSA) is 131 Å². The largest absolute Gasteiger partial charge is 0.354 e. The number of amides is 3. The SMILES string of the molecule is O=C1CCC=CCC(C(=O)NCCc2cc(Cl)ccc2-n2cnnn2)NC(=O)c2ccccc2N1. The van der Waals surface area contributed by atoms with Crippen LogP contribution in [0.1, 0.15) is 35.2 Å². The Morgan fingerprint density at radius 1 is 1.17 bits per heavy atom. The number of carbonyl (C=O) groups excluding carboxylic acids is 3. The molecule has 3 amide bonds. The Labute approximate surface area is 206 Å². The molecule has 0 saturated carbocycles. The maximum Gasteiger partial charge on any atom is 0.254 e. The van der Waals surface area contributed by atoms with Gasteiger partial charge in [0, 0.05) is 18.0 Å². The van der Waals surface area contributed by atoms with E-state index in [9.17, 15) is 14.4 Å². The summed E-state index contributed by atoms with van der Waals surface area (Å²) in [6.45, 7) is 0.316. The zero-order chi connectivity index (χ0) is 24.6. The molecule has 1 aliphatic heterocycles. The molecule has 1 atom stereocenters. The third kappa shape index (κ3) is 6.30. The first-order valence-electron chi connectivity index (χ1n) is 11.2. The van der Waals surface area contributed by atoms with E-state index in [2.05, 4.69) is 31.5 Å². The smallest absolute Gasteiger partial charge is 0.254 e. The minimum Gasteiger partial charge on any atom is -0.354 e. The normalized spacial score (nSPS) is 16.3. The highest BCUT2D eigenvalue weighted by Gasteiger charge is 2.22. The second-order valence-corrected chi connectivity index (χ2v) is 8.37. The number of hydrogen-bond donors (Lipinski definition) is 3. The van der Waals surface area contributed by atoms with Crippen molar-refractivity contribution in [3.63, 3.8) is 0 Å². The van der Waals surface area contributed by atoms with Gasteiger partial charge in [-0.2, -0.15) is 0 Å². The predicted molar refractivity (Wildman–Crippen MR) is 130 cm³/mol. The summed E-state index contributed by atoms with van der Waals surface area (Å²) < 4.78 is 1.53. The number of anilines is 1. The first kappa shape index (κ1) is 24.1. The number of allylic oxidation sites excluding steroid dienone is 1. The van der Waals surface area contributed by atoms with Gasteiger partial charge in [0.25, 0.3) is 5.91 Å². The molecule has 0 aliphatic carbocycles. The van der Waals surface area contributed by atoms with Gasteiger partial charge in [-0.15, -0.1) is 5.10 Å². The summed E-state index contributed by atoms with van der Waals surface area (Å²) >= 11 is 6.17. The van der Waals surface area contributed by atoms with Gasteiger partial charge in [-0.05, 0) is 65.6 Å². The molecule has 3 N–H and O–H groups in total. The lowest BCUT2D eigenvalue weighted by Crippen LogP contribution is -2.47. The molecule has 1 aliphatic rings. The van der Waals surface area contributed by atoms with Crippen LogP contribution in [0.25, 0.3) is 5.69 Å². The monoisotopic (exact) mass is 493 g/mol. The van der Waals surface area contributed by atoms with Gasteiger partial charge >= 0.3 is 0 Å². The van der Waals surface area contributed by atoms with Gasteiger partial charge in [0.15, 0.2) is 0 Å². The average Bonchev–Trinajstić information content (AvgIpc) is 3.37. The summed E-state index contributed by atoms with van der Waals surface area (Å²) in [5, 5.41) is 20.3. The Balaban J connectivity index is 1.45. The van der Waals surface area contributed by atoms with Crippen LogP contribution in [0, 0.1) is 0 Å². The molecule has 1 aromatic heterocycles. The van der Waals surface area contributed by atoms with Crippen molar-refractivity contribution >= 4 is 35.0 Å². The lowest BCUT2D eigenvalue weighted by Gasteiger charge is -2.19. The van der Waals surface area contributed by atoms with Crippen LogP contribution in [0.4, 0.5) is 5.69 Å². The molecule has 3 aromatic rings. The van der Waals surface area contributed by atoms with Crippen molar-refractivity contribution in [2.45, 2.75) is 31.7 Å². The predicted octanol–water partition coefficient (Wildman–Crippen LogP) is 2.45. The number of hydrogen-bond acceptors (Lipinski definition) is 6. The van der Waals surface area contributed by atoms with Gasteiger partial charge in [0.1, 0.15) is 12.4 Å². The summed E-state index contributed by atoms with van der Waals surface area (Å²) in [5.74, 6) is -0.926.